The number of rotatable bonds is 6. The molecule has 5 nitrogen and oxygen atoms in total. The Kier molecular flexibility index (Phi) is 7.74. The molecular weight excluding hydrogens is 695 g/mol. The van der Waals surface area contributed by atoms with Crippen LogP contribution in [-0.2, 0) is 0 Å². The summed E-state index contributed by atoms with van der Waals surface area (Å²) in [6.07, 6.45) is 0. The highest BCUT2D eigenvalue weighted by Crippen LogP contribution is 2.43. The van der Waals surface area contributed by atoms with Gasteiger partial charge in [0.1, 0.15) is 5.82 Å². The van der Waals surface area contributed by atoms with Gasteiger partial charge in [0.15, 0.2) is 17.5 Å². The Morgan fingerprint density at radius 3 is 1.51 bits per heavy atom. The number of benzene rings is 9. The highest BCUT2D eigenvalue weighted by Gasteiger charge is 2.20. The molecule has 11 rings (SSSR count). The molecule has 266 valence electrons. The van der Waals surface area contributed by atoms with Gasteiger partial charge in [0.2, 0.25) is 0 Å². The SMILES string of the molecule is c1ccc(-c2nc(-c3ccccc3)nc(-c3cc(-c4cccc(-c5nc6ccccc6n5-c5ccccc5)c4)cc4c5ccccc5c5ccccc5c34)n2)cc1. The van der Waals surface area contributed by atoms with Crippen molar-refractivity contribution in [2.45, 2.75) is 0 Å². The fourth-order valence-corrected chi connectivity index (χ4v) is 8.20. The van der Waals surface area contributed by atoms with Gasteiger partial charge < -0.3 is 0 Å². The fraction of sp³-hybridized carbons (Fsp3) is 0. The third-order valence-electron chi connectivity index (χ3n) is 10.8. The number of hydrogen-bond acceptors (Lipinski definition) is 4. The molecule has 57 heavy (non-hydrogen) atoms. The first kappa shape index (κ1) is 32.7. The van der Waals surface area contributed by atoms with Crippen LogP contribution in [0.5, 0.6) is 0 Å². The van der Waals surface area contributed by atoms with Crippen LogP contribution in [0.15, 0.2) is 200 Å². The summed E-state index contributed by atoms with van der Waals surface area (Å²) in [4.78, 5) is 20.8. The monoisotopic (exact) mass is 727 g/mol. The molecule has 0 radical (unpaired) electrons. The molecule has 0 fully saturated rings. The Hall–Kier alpha value is -7.76. The van der Waals surface area contributed by atoms with Gasteiger partial charge in [0, 0.05) is 33.3 Å². The number of nitrogens with zero attached hydrogens (tertiary/aromatic N) is 5. The lowest BCUT2D eigenvalue weighted by Gasteiger charge is -2.17. The van der Waals surface area contributed by atoms with E-state index in [2.05, 4.69) is 156 Å². The Morgan fingerprint density at radius 1 is 0.316 bits per heavy atom. The van der Waals surface area contributed by atoms with E-state index >= 15 is 0 Å². The molecule has 2 heterocycles. The fourth-order valence-electron chi connectivity index (χ4n) is 8.20. The maximum Gasteiger partial charge on any atom is 0.164 e. The maximum absolute atomic E-state index is 5.27. The van der Waals surface area contributed by atoms with Crippen LogP contribution in [0.1, 0.15) is 0 Å². The molecule has 0 bridgehead atoms. The molecule has 0 atom stereocenters. The molecule has 9 aromatic carbocycles. The topological polar surface area (TPSA) is 56.5 Å². The molecular formula is C52H33N5. The third kappa shape index (κ3) is 5.64. The molecule has 0 aliphatic carbocycles. The summed E-state index contributed by atoms with van der Waals surface area (Å²) in [7, 11) is 0. The van der Waals surface area contributed by atoms with Crippen LogP contribution < -0.4 is 0 Å². The molecule has 0 spiro atoms. The van der Waals surface area contributed by atoms with Gasteiger partial charge in [0.25, 0.3) is 0 Å². The number of para-hydroxylation sites is 3. The van der Waals surface area contributed by atoms with Crippen molar-refractivity contribution in [1.29, 1.82) is 0 Å². The van der Waals surface area contributed by atoms with E-state index in [0.717, 1.165) is 72.1 Å². The van der Waals surface area contributed by atoms with Crippen molar-refractivity contribution in [2.75, 3.05) is 0 Å². The minimum Gasteiger partial charge on any atom is -0.292 e. The highest BCUT2D eigenvalue weighted by atomic mass is 15.1. The predicted molar refractivity (Wildman–Crippen MR) is 234 cm³/mol. The third-order valence-corrected chi connectivity index (χ3v) is 10.8. The zero-order valence-electron chi connectivity index (χ0n) is 30.8. The van der Waals surface area contributed by atoms with Crippen molar-refractivity contribution in [1.82, 2.24) is 24.5 Å². The lowest BCUT2D eigenvalue weighted by atomic mass is 9.88. The average Bonchev–Trinajstić information content (AvgIpc) is 3.69. The summed E-state index contributed by atoms with van der Waals surface area (Å²) >= 11 is 0. The summed E-state index contributed by atoms with van der Waals surface area (Å²) in [5.41, 5.74) is 9.05. The summed E-state index contributed by atoms with van der Waals surface area (Å²) in [6, 6.07) is 69.8. The molecule has 5 heteroatoms. The lowest BCUT2D eigenvalue weighted by Crippen LogP contribution is -2.01. The smallest absolute Gasteiger partial charge is 0.164 e. The minimum absolute atomic E-state index is 0.622. The first-order valence-electron chi connectivity index (χ1n) is 19.1. The molecule has 0 saturated carbocycles. The van der Waals surface area contributed by atoms with E-state index in [-0.39, 0.29) is 0 Å². The van der Waals surface area contributed by atoms with Crippen LogP contribution in [-0.4, -0.2) is 24.5 Å². The molecule has 0 saturated heterocycles. The van der Waals surface area contributed by atoms with Crippen molar-refractivity contribution in [2.24, 2.45) is 0 Å². The number of aromatic nitrogens is 5. The second kappa shape index (κ2) is 13.5. The largest absolute Gasteiger partial charge is 0.292 e. The number of hydrogen-bond donors (Lipinski definition) is 0. The second-order valence-corrected chi connectivity index (χ2v) is 14.3. The predicted octanol–water partition coefficient (Wildman–Crippen LogP) is 13.0. The standard InChI is InChI=1S/C52H33N5/c1-4-17-34(18-5-1)49-54-50(35-19-6-2-7-20-35)56-51(55-49)45-33-38(32-44-42-27-11-10-25-40(42)41-26-12-13-28-43(41)48(44)45)36-21-16-22-37(31-36)52-53-46-29-14-15-30-47(46)57(52)39-23-8-3-9-24-39/h1-33H. The van der Waals surface area contributed by atoms with E-state index in [0.29, 0.717) is 17.5 Å². The molecule has 0 unspecified atom stereocenters. The minimum atomic E-state index is 0.622. The number of imidazole rings is 1. The Bertz CT molecular complexity index is 3220. The molecule has 0 aliphatic heterocycles. The summed E-state index contributed by atoms with van der Waals surface area (Å²) < 4.78 is 2.25. The van der Waals surface area contributed by atoms with Crippen molar-refractivity contribution < 1.29 is 0 Å². The van der Waals surface area contributed by atoms with Gasteiger partial charge >= 0.3 is 0 Å². The Balaban J connectivity index is 1.21. The van der Waals surface area contributed by atoms with E-state index in [4.69, 9.17) is 19.9 Å². The van der Waals surface area contributed by atoms with Crippen LogP contribution in [0.2, 0.25) is 0 Å². The summed E-state index contributed by atoms with van der Waals surface area (Å²) in [5, 5.41) is 6.98. The van der Waals surface area contributed by atoms with Gasteiger partial charge in [-0.2, -0.15) is 0 Å². The molecule has 0 amide bonds. The van der Waals surface area contributed by atoms with E-state index < -0.39 is 0 Å². The molecule has 0 aliphatic rings. The van der Waals surface area contributed by atoms with Crippen LogP contribution in [0.25, 0.3) is 106 Å². The quantitative estimate of drug-likeness (QED) is 0.160. The van der Waals surface area contributed by atoms with Crippen molar-refractivity contribution >= 4 is 43.4 Å². The van der Waals surface area contributed by atoms with Crippen molar-refractivity contribution in [3.63, 3.8) is 0 Å². The second-order valence-electron chi connectivity index (χ2n) is 14.3. The van der Waals surface area contributed by atoms with Gasteiger partial charge in [0.05, 0.1) is 11.0 Å². The van der Waals surface area contributed by atoms with E-state index in [1.165, 1.54) is 16.2 Å². The maximum atomic E-state index is 5.27. The number of fused-ring (bicyclic) bond motifs is 7. The van der Waals surface area contributed by atoms with Crippen molar-refractivity contribution in [3.8, 4) is 62.4 Å². The Labute approximate surface area is 329 Å². The van der Waals surface area contributed by atoms with Gasteiger partial charge in [-0.3, -0.25) is 4.57 Å². The van der Waals surface area contributed by atoms with Gasteiger partial charge in [-0.15, -0.1) is 0 Å². The van der Waals surface area contributed by atoms with Gasteiger partial charge in [-0.05, 0) is 80.5 Å². The van der Waals surface area contributed by atoms with Crippen LogP contribution in [0.3, 0.4) is 0 Å². The average molecular weight is 728 g/mol. The zero-order chi connectivity index (χ0) is 37.7. The van der Waals surface area contributed by atoms with E-state index in [9.17, 15) is 0 Å². The Morgan fingerprint density at radius 2 is 0.825 bits per heavy atom. The first-order chi connectivity index (χ1) is 28.3. The van der Waals surface area contributed by atoms with Crippen LogP contribution in [0.4, 0.5) is 0 Å². The van der Waals surface area contributed by atoms with Crippen molar-refractivity contribution in [3.05, 3.63) is 200 Å². The summed E-state index contributed by atoms with van der Waals surface area (Å²) in [5.74, 6) is 2.77. The summed E-state index contributed by atoms with van der Waals surface area (Å²) in [6.45, 7) is 0. The van der Waals surface area contributed by atoms with E-state index in [1.807, 2.05) is 48.5 Å². The molecule has 11 aromatic rings. The molecule has 0 N–H and O–H groups in total. The molecule has 2 aromatic heterocycles. The van der Waals surface area contributed by atoms with Gasteiger partial charge in [-0.25, -0.2) is 19.9 Å². The van der Waals surface area contributed by atoms with E-state index in [1.54, 1.807) is 0 Å². The zero-order valence-corrected chi connectivity index (χ0v) is 30.8. The van der Waals surface area contributed by atoms with Crippen LogP contribution >= 0.6 is 0 Å². The lowest BCUT2D eigenvalue weighted by molar-refractivity contribution is 1.08. The highest BCUT2D eigenvalue weighted by molar-refractivity contribution is 6.28. The normalized spacial score (nSPS) is 11.5. The van der Waals surface area contributed by atoms with Gasteiger partial charge in [-0.1, -0.05) is 158 Å². The first-order valence-corrected chi connectivity index (χ1v) is 19.1. The van der Waals surface area contributed by atoms with Crippen LogP contribution in [0, 0.1) is 0 Å².